The third-order valence-corrected chi connectivity index (χ3v) is 3.08. The van der Waals surface area contributed by atoms with E-state index in [4.69, 9.17) is 9.47 Å². The molecule has 0 bridgehead atoms. The topological polar surface area (TPSA) is 52.6 Å². The second kappa shape index (κ2) is 6.51. The highest BCUT2D eigenvalue weighted by molar-refractivity contribution is 5.90. The van der Waals surface area contributed by atoms with Gasteiger partial charge in [0.2, 0.25) is 0 Å². The van der Waals surface area contributed by atoms with Gasteiger partial charge in [-0.1, -0.05) is 20.8 Å². The minimum Gasteiger partial charge on any atom is -0.453 e. The third kappa shape index (κ3) is 6.19. The molecule has 2 atom stereocenters. The molecule has 0 spiro atoms. The van der Waals surface area contributed by atoms with Gasteiger partial charge in [0, 0.05) is 5.41 Å². The Morgan fingerprint density at radius 3 is 1.84 bits per heavy atom. The van der Waals surface area contributed by atoms with Gasteiger partial charge >= 0.3 is 5.97 Å². The van der Waals surface area contributed by atoms with E-state index < -0.39 is 29.2 Å². The van der Waals surface area contributed by atoms with Crippen molar-refractivity contribution in [1.29, 1.82) is 0 Å². The second-order valence-electron chi connectivity index (χ2n) is 6.55. The molecule has 0 aromatic carbocycles. The van der Waals surface area contributed by atoms with E-state index in [1.165, 1.54) is 0 Å². The molecule has 0 heterocycles. The zero-order valence-corrected chi connectivity index (χ0v) is 13.5. The summed E-state index contributed by atoms with van der Waals surface area (Å²) in [4.78, 5) is 24.0. The number of Topliss-reactive ketones (excluding diaryl/α,β-unsaturated/α-hetero) is 1. The van der Waals surface area contributed by atoms with Crippen molar-refractivity contribution in [2.45, 2.75) is 79.6 Å². The highest BCUT2D eigenvalue weighted by atomic mass is 16.6. The first-order valence-electron chi connectivity index (χ1n) is 6.83. The normalized spacial score (nSPS) is 15.8. The molecule has 0 saturated heterocycles. The summed E-state index contributed by atoms with van der Waals surface area (Å²) in [5, 5.41) is 0. The highest BCUT2D eigenvalue weighted by Gasteiger charge is 2.33. The fourth-order valence-electron chi connectivity index (χ4n) is 1.63. The zero-order valence-electron chi connectivity index (χ0n) is 13.5. The maximum atomic E-state index is 12.1. The lowest BCUT2D eigenvalue weighted by atomic mass is 9.83. The van der Waals surface area contributed by atoms with Crippen LogP contribution in [0.3, 0.4) is 0 Å². The molecule has 0 amide bonds. The first kappa shape index (κ1) is 18.1. The largest absolute Gasteiger partial charge is 0.453 e. The molecular formula is C15H28O4. The summed E-state index contributed by atoms with van der Waals surface area (Å²) in [6.07, 6.45) is -0.713. The number of ketones is 1. The predicted molar refractivity (Wildman–Crippen MR) is 74.9 cm³/mol. The number of hydrogen-bond donors (Lipinski definition) is 0. The van der Waals surface area contributed by atoms with Gasteiger partial charge in [0.15, 0.2) is 18.0 Å². The van der Waals surface area contributed by atoms with Gasteiger partial charge in [-0.25, -0.2) is 4.79 Å². The summed E-state index contributed by atoms with van der Waals surface area (Å²) in [5.41, 5.74) is -0.901. The molecule has 0 aromatic heterocycles. The summed E-state index contributed by atoms with van der Waals surface area (Å²) in [7, 11) is 0. The third-order valence-electron chi connectivity index (χ3n) is 3.08. The van der Waals surface area contributed by atoms with Crippen LogP contribution in [0.1, 0.15) is 61.8 Å². The van der Waals surface area contributed by atoms with E-state index in [-0.39, 0.29) is 5.78 Å². The first-order valence-corrected chi connectivity index (χ1v) is 6.83. The number of ether oxygens (including phenoxy) is 2. The SMILES string of the molecule is CCC(C)(C)C(=O)[C@H](C)OC(=O)[C@H](C)OC(C)(C)C. The van der Waals surface area contributed by atoms with Gasteiger partial charge in [-0.3, -0.25) is 4.79 Å². The first-order chi connectivity index (χ1) is 8.40. The summed E-state index contributed by atoms with van der Waals surface area (Å²) >= 11 is 0. The van der Waals surface area contributed by atoms with Gasteiger partial charge in [0.25, 0.3) is 0 Å². The van der Waals surface area contributed by atoms with Crippen molar-refractivity contribution in [3.05, 3.63) is 0 Å². The van der Waals surface area contributed by atoms with E-state index in [0.717, 1.165) is 0 Å². The van der Waals surface area contributed by atoms with Crippen LogP contribution in [0, 0.1) is 5.41 Å². The number of esters is 1. The molecule has 0 aliphatic rings. The molecule has 0 saturated carbocycles. The summed E-state index contributed by atoms with van der Waals surface area (Å²) < 4.78 is 10.7. The van der Waals surface area contributed by atoms with Crippen LogP contribution in [0.4, 0.5) is 0 Å². The fraction of sp³-hybridized carbons (Fsp3) is 0.867. The molecule has 19 heavy (non-hydrogen) atoms. The lowest BCUT2D eigenvalue weighted by Crippen LogP contribution is -2.39. The van der Waals surface area contributed by atoms with Gasteiger partial charge in [-0.05, 0) is 41.0 Å². The van der Waals surface area contributed by atoms with Crippen LogP contribution >= 0.6 is 0 Å². The van der Waals surface area contributed by atoms with Crippen molar-refractivity contribution in [2.75, 3.05) is 0 Å². The van der Waals surface area contributed by atoms with E-state index in [2.05, 4.69) is 0 Å². The van der Waals surface area contributed by atoms with Crippen LogP contribution in [0.5, 0.6) is 0 Å². The Morgan fingerprint density at radius 2 is 1.47 bits per heavy atom. The van der Waals surface area contributed by atoms with Crippen LogP contribution < -0.4 is 0 Å². The standard InChI is InChI=1S/C15H28O4/c1-9-15(7,8)12(16)10(2)18-13(17)11(3)19-14(4,5)6/h10-11H,9H2,1-8H3/t10-,11-/m0/s1. The summed E-state index contributed by atoms with van der Waals surface area (Å²) in [6, 6.07) is 0. The number of hydrogen-bond acceptors (Lipinski definition) is 4. The van der Waals surface area contributed by atoms with Crippen LogP contribution in [0.25, 0.3) is 0 Å². The van der Waals surface area contributed by atoms with Crippen LogP contribution in [-0.4, -0.2) is 29.6 Å². The zero-order chi connectivity index (χ0) is 15.4. The number of carbonyl (C=O) groups excluding carboxylic acids is 2. The average Bonchev–Trinajstić information content (AvgIpc) is 2.25. The Labute approximate surface area is 116 Å². The summed E-state index contributed by atoms with van der Waals surface area (Å²) in [6.45, 7) is 14.5. The molecule has 0 aromatic rings. The molecule has 4 heteroatoms. The van der Waals surface area contributed by atoms with Crippen molar-refractivity contribution >= 4 is 11.8 Å². The molecule has 0 aliphatic heterocycles. The van der Waals surface area contributed by atoms with Crippen LogP contribution in [-0.2, 0) is 19.1 Å². The molecule has 0 fully saturated rings. The molecule has 0 N–H and O–H groups in total. The van der Waals surface area contributed by atoms with E-state index in [1.54, 1.807) is 13.8 Å². The lowest BCUT2D eigenvalue weighted by Gasteiger charge is -2.27. The molecular weight excluding hydrogens is 244 g/mol. The summed E-state index contributed by atoms with van der Waals surface area (Å²) in [5.74, 6) is -0.561. The molecule has 0 rings (SSSR count). The monoisotopic (exact) mass is 272 g/mol. The Balaban J connectivity index is 4.53. The van der Waals surface area contributed by atoms with Crippen LogP contribution in [0.15, 0.2) is 0 Å². The molecule has 0 unspecified atom stereocenters. The average molecular weight is 272 g/mol. The van der Waals surface area contributed by atoms with Gasteiger partial charge in [0.05, 0.1) is 5.60 Å². The van der Waals surface area contributed by atoms with Crippen molar-refractivity contribution in [3.8, 4) is 0 Å². The van der Waals surface area contributed by atoms with Gasteiger partial charge in [-0.15, -0.1) is 0 Å². The van der Waals surface area contributed by atoms with Gasteiger partial charge < -0.3 is 9.47 Å². The Morgan fingerprint density at radius 1 is 1.00 bits per heavy atom. The Hall–Kier alpha value is -0.900. The predicted octanol–water partition coefficient (Wildman–Crippen LogP) is 3.13. The van der Waals surface area contributed by atoms with E-state index in [0.29, 0.717) is 6.42 Å². The minimum absolute atomic E-state index is 0.0636. The van der Waals surface area contributed by atoms with Crippen molar-refractivity contribution in [1.82, 2.24) is 0 Å². The smallest absolute Gasteiger partial charge is 0.335 e. The molecule has 112 valence electrons. The van der Waals surface area contributed by atoms with E-state index in [9.17, 15) is 9.59 Å². The fourth-order valence-corrected chi connectivity index (χ4v) is 1.63. The molecule has 0 radical (unpaired) electrons. The number of carbonyl (C=O) groups is 2. The minimum atomic E-state index is -0.742. The second-order valence-corrected chi connectivity index (χ2v) is 6.55. The van der Waals surface area contributed by atoms with Gasteiger partial charge in [0.1, 0.15) is 0 Å². The van der Waals surface area contributed by atoms with E-state index in [1.807, 2.05) is 41.5 Å². The van der Waals surface area contributed by atoms with Gasteiger partial charge in [-0.2, -0.15) is 0 Å². The number of rotatable bonds is 6. The molecule has 0 aliphatic carbocycles. The molecule has 4 nitrogen and oxygen atoms in total. The maximum Gasteiger partial charge on any atom is 0.335 e. The maximum absolute atomic E-state index is 12.1. The van der Waals surface area contributed by atoms with Crippen molar-refractivity contribution in [2.24, 2.45) is 5.41 Å². The van der Waals surface area contributed by atoms with Crippen molar-refractivity contribution < 1.29 is 19.1 Å². The Bertz CT molecular complexity index is 326. The van der Waals surface area contributed by atoms with Crippen LogP contribution in [0.2, 0.25) is 0 Å². The Kier molecular flexibility index (Phi) is 6.20. The highest BCUT2D eigenvalue weighted by Crippen LogP contribution is 2.24. The van der Waals surface area contributed by atoms with Crippen molar-refractivity contribution in [3.63, 3.8) is 0 Å². The quantitative estimate of drug-likeness (QED) is 0.697. The van der Waals surface area contributed by atoms with E-state index >= 15 is 0 Å². The lowest BCUT2D eigenvalue weighted by molar-refractivity contribution is -0.173.